The molecule has 0 saturated heterocycles. The Morgan fingerprint density at radius 1 is 1.00 bits per heavy atom. The molecule has 162 valence electrons. The molecule has 2 aromatic carbocycles. The Labute approximate surface area is 185 Å². The van der Waals surface area contributed by atoms with Crippen molar-refractivity contribution in [2.45, 2.75) is 65.4 Å². The first-order valence-corrected chi connectivity index (χ1v) is 11.5. The van der Waals surface area contributed by atoms with E-state index in [0.29, 0.717) is 12.3 Å². The third-order valence-electron chi connectivity index (χ3n) is 4.68. The fraction of sp³-hybridized carbons (Fsp3) is 0.440. The van der Waals surface area contributed by atoms with Crippen LogP contribution < -0.4 is 5.32 Å². The number of aryl methyl sites for hydroxylation is 2. The number of carbonyl (C=O) groups excluding carboxylic acids is 2. The van der Waals surface area contributed by atoms with Crippen LogP contribution in [0.5, 0.6) is 0 Å². The molecule has 0 saturated carbocycles. The molecule has 1 N–H and O–H groups in total. The van der Waals surface area contributed by atoms with Crippen molar-refractivity contribution in [3.63, 3.8) is 0 Å². The van der Waals surface area contributed by atoms with Crippen LogP contribution in [0.25, 0.3) is 0 Å². The highest BCUT2D eigenvalue weighted by Gasteiger charge is 2.28. The summed E-state index contributed by atoms with van der Waals surface area (Å²) in [5.74, 6) is 0.958. The number of carbonyl (C=O) groups is 2. The van der Waals surface area contributed by atoms with Crippen LogP contribution in [0.2, 0.25) is 0 Å². The van der Waals surface area contributed by atoms with Crippen LogP contribution >= 0.6 is 11.8 Å². The summed E-state index contributed by atoms with van der Waals surface area (Å²) in [6.07, 6.45) is 0. The summed E-state index contributed by atoms with van der Waals surface area (Å²) in [5.41, 5.74) is 4.25. The van der Waals surface area contributed by atoms with Crippen molar-refractivity contribution in [3.8, 4) is 0 Å². The van der Waals surface area contributed by atoms with Crippen molar-refractivity contribution in [3.05, 3.63) is 70.8 Å². The SMILES string of the molecule is Cc1cccc(CSCC(=O)N(Cc2cccc(C)c2)[C@@H](C)C(=O)NC(C)(C)C)c1. The van der Waals surface area contributed by atoms with E-state index in [2.05, 4.69) is 36.5 Å². The lowest BCUT2D eigenvalue weighted by Gasteiger charge is -2.31. The lowest BCUT2D eigenvalue weighted by Crippen LogP contribution is -2.52. The number of thioether (sulfide) groups is 1. The molecule has 0 spiro atoms. The lowest BCUT2D eigenvalue weighted by molar-refractivity contribution is -0.139. The monoisotopic (exact) mass is 426 g/mol. The van der Waals surface area contributed by atoms with Crippen LogP contribution in [0.4, 0.5) is 0 Å². The lowest BCUT2D eigenvalue weighted by atomic mass is 10.1. The first-order valence-electron chi connectivity index (χ1n) is 10.4. The van der Waals surface area contributed by atoms with Gasteiger partial charge < -0.3 is 10.2 Å². The molecule has 0 aliphatic heterocycles. The van der Waals surface area contributed by atoms with Gasteiger partial charge in [-0.15, -0.1) is 11.8 Å². The Bertz CT molecular complexity index is 873. The molecule has 0 aromatic heterocycles. The molecule has 0 radical (unpaired) electrons. The number of hydrogen-bond donors (Lipinski definition) is 1. The molecule has 0 aliphatic carbocycles. The topological polar surface area (TPSA) is 49.4 Å². The predicted octanol–water partition coefficient (Wildman–Crippen LogP) is 4.87. The van der Waals surface area contributed by atoms with Gasteiger partial charge in [0.1, 0.15) is 6.04 Å². The average molecular weight is 427 g/mol. The third kappa shape index (κ3) is 7.86. The van der Waals surface area contributed by atoms with Crippen molar-refractivity contribution in [2.24, 2.45) is 0 Å². The van der Waals surface area contributed by atoms with Gasteiger partial charge in [-0.1, -0.05) is 59.7 Å². The summed E-state index contributed by atoms with van der Waals surface area (Å²) >= 11 is 1.58. The first-order chi connectivity index (χ1) is 14.0. The van der Waals surface area contributed by atoms with Crippen LogP contribution in [0.15, 0.2) is 48.5 Å². The standard InChI is InChI=1S/C25H34N2O2S/c1-18-9-7-11-21(13-18)15-27(20(3)24(29)26-25(4,5)6)23(28)17-30-16-22-12-8-10-19(2)14-22/h7-14,20H,15-17H2,1-6H3,(H,26,29)/t20-/m0/s1. The molecule has 0 heterocycles. The van der Waals surface area contributed by atoms with Gasteiger partial charge in [-0.25, -0.2) is 0 Å². The number of amides is 2. The van der Waals surface area contributed by atoms with Crippen molar-refractivity contribution in [1.29, 1.82) is 0 Å². The number of rotatable bonds is 8. The van der Waals surface area contributed by atoms with Gasteiger partial charge in [0.05, 0.1) is 5.75 Å². The second-order valence-corrected chi connectivity index (χ2v) is 9.89. The van der Waals surface area contributed by atoms with Gasteiger partial charge >= 0.3 is 0 Å². The normalized spacial score (nSPS) is 12.3. The zero-order valence-corrected chi connectivity index (χ0v) is 19.8. The largest absolute Gasteiger partial charge is 0.350 e. The van der Waals surface area contributed by atoms with Crippen molar-refractivity contribution in [1.82, 2.24) is 10.2 Å². The van der Waals surface area contributed by atoms with E-state index in [4.69, 9.17) is 0 Å². The molecule has 2 aromatic rings. The Morgan fingerprint density at radius 3 is 2.13 bits per heavy atom. The number of hydrogen-bond acceptors (Lipinski definition) is 3. The van der Waals surface area contributed by atoms with Crippen molar-refractivity contribution >= 4 is 23.6 Å². The molecule has 1 atom stereocenters. The van der Waals surface area contributed by atoms with Crippen molar-refractivity contribution in [2.75, 3.05) is 5.75 Å². The van der Waals surface area contributed by atoms with E-state index in [1.165, 1.54) is 11.1 Å². The second kappa shape index (κ2) is 10.7. The average Bonchev–Trinajstić information content (AvgIpc) is 2.64. The van der Waals surface area contributed by atoms with Gasteiger partial charge in [0.25, 0.3) is 0 Å². The second-order valence-electron chi connectivity index (χ2n) is 8.91. The minimum atomic E-state index is -0.545. The highest BCUT2D eigenvalue weighted by molar-refractivity contribution is 7.99. The number of benzene rings is 2. The molecular formula is C25H34N2O2S. The van der Waals surface area contributed by atoms with E-state index < -0.39 is 6.04 Å². The summed E-state index contributed by atoms with van der Waals surface area (Å²) in [7, 11) is 0. The van der Waals surface area contributed by atoms with E-state index in [9.17, 15) is 9.59 Å². The summed E-state index contributed by atoms with van der Waals surface area (Å²) < 4.78 is 0. The third-order valence-corrected chi connectivity index (χ3v) is 5.67. The zero-order chi connectivity index (χ0) is 22.3. The highest BCUT2D eigenvalue weighted by Crippen LogP contribution is 2.17. The maximum Gasteiger partial charge on any atom is 0.242 e. The van der Waals surface area contributed by atoms with Gasteiger partial charge in [-0.3, -0.25) is 9.59 Å². The van der Waals surface area contributed by atoms with Gasteiger partial charge in [-0.2, -0.15) is 0 Å². The van der Waals surface area contributed by atoms with Crippen LogP contribution in [-0.4, -0.2) is 34.0 Å². The van der Waals surface area contributed by atoms with E-state index in [1.54, 1.807) is 23.6 Å². The Balaban J connectivity index is 2.10. The fourth-order valence-corrected chi connectivity index (χ4v) is 4.06. The van der Waals surface area contributed by atoms with Crippen molar-refractivity contribution < 1.29 is 9.59 Å². The van der Waals surface area contributed by atoms with E-state index in [0.717, 1.165) is 16.9 Å². The molecule has 2 rings (SSSR count). The van der Waals surface area contributed by atoms with E-state index >= 15 is 0 Å². The zero-order valence-electron chi connectivity index (χ0n) is 19.0. The maximum atomic E-state index is 13.1. The smallest absolute Gasteiger partial charge is 0.242 e. The quantitative estimate of drug-likeness (QED) is 0.655. The Kier molecular flexibility index (Phi) is 8.54. The van der Waals surface area contributed by atoms with E-state index in [-0.39, 0.29) is 17.4 Å². The molecule has 0 bridgehead atoms. The van der Waals surface area contributed by atoms with Gasteiger partial charge in [-0.05, 0) is 52.7 Å². The Hall–Kier alpha value is -2.27. The predicted molar refractivity (Wildman–Crippen MR) is 126 cm³/mol. The molecule has 5 heteroatoms. The molecule has 30 heavy (non-hydrogen) atoms. The summed E-state index contributed by atoms with van der Waals surface area (Å²) in [5, 5.41) is 3.00. The minimum Gasteiger partial charge on any atom is -0.350 e. The first kappa shape index (κ1) is 24.0. The minimum absolute atomic E-state index is 0.0225. The number of nitrogens with one attached hydrogen (secondary N) is 1. The van der Waals surface area contributed by atoms with Crippen LogP contribution in [-0.2, 0) is 21.9 Å². The molecule has 0 aliphatic rings. The van der Waals surface area contributed by atoms with Gasteiger partial charge in [0.15, 0.2) is 0 Å². The molecular weight excluding hydrogens is 392 g/mol. The van der Waals surface area contributed by atoms with Gasteiger partial charge in [0.2, 0.25) is 11.8 Å². The van der Waals surface area contributed by atoms with Crippen LogP contribution in [0, 0.1) is 13.8 Å². The summed E-state index contributed by atoms with van der Waals surface area (Å²) in [4.78, 5) is 27.6. The molecule has 2 amide bonds. The number of nitrogens with zero attached hydrogens (tertiary/aromatic N) is 1. The molecule has 0 unspecified atom stereocenters. The summed E-state index contributed by atoms with van der Waals surface area (Å²) in [6.45, 7) is 12.2. The van der Waals surface area contributed by atoms with Crippen LogP contribution in [0.3, 0.4) is 0 Å². The fourth-order valence-electron chi connectivity index (χ4n) is 3.20. The summed E-state index contributed by atoms with van der Waals surface area (Å²) in [6, 6.07) is 15.9. The molecule has 0 fully saturated rings. The molecule has 4 nitrogen and oxygen atoms in total. The van der Waals surface area contributed by atoms with Crippen LogP contribution in [0.1, 0.15) is 49.9 Å². The highest BCUT2D eigenvalue weighted by atomic mass is 32.2. The Morgan fingerprint density at radius 2 is 1.57 bits per heavy atom. The van der Waals surface area contributed by atoms with Gasteiger partial charge in [0, 0.05) is 17.8 Å². The van der Waals surface area contributed by atoms with E-state index in [1.807, 2.05) is 52.0 Å². The maximum absolute atomic E-state index is 13.1.